The van der Waals surface area contributed by atoms with Crippen LogP contribution in [0.5, 0.6) is 28.7 Å². The molecule has 33 heavy (non-hydrogen) atoms. The lowest BCUT2D eigenvalue weighted by Crippen LogP contribution is -2.07. The average molecular weight is 458 g/mol. The van der Waals surface area contributed by atoms with Gasteiger partial charge in [-0.2, -0.15) is 0 Å². The summed E-state index contributed by atoms with van der Waals surface area (Å²) in [5.74, 6) is 2.82. The van der Waals surface area contributed by atoms with E-state index >= 15 is 0 Å². The molecule has 2 aromatic carbocycles. The second-order valence-corrected chi connectivity index (χ2v) is 6.70. The van der Waals surface area contributed by atoms with Crippen molar-refractivity contribution in [2.24, 2.45) is 0 Å². The zero-order valence-corrected chi connectivity index (χ0v) is 19.0. The van der Waals surface area contributed by atoms with Gasteiger partial charge in [0.2, 0.25) is 11.6 Å². The van der Waals surface area contributed by atoms with Crippen LogP contribution in [-0.4, -0.2) is 51.2 Å². The molecule has 0 aliphatic rings. The summed E-state index contributed by atoms with van der Waals surface area (Å²) < 4.78 is 37.5. The molecule has 0 aliphatic heterocycles. The average Bonchev–Trinajstić information content (AvgIpc) is 3.34. The van der Waals surface area contributed by atoms with Crippen molar-refractivity contribution >= 4 is 5.97 Å². The first-order valence-electron chi connectivity index (χ1n) is 10.1. The number of hydrogen-bond acceptors (Lipinski definition) is 10. The smallest absolute Gasteiger partial charge is 0.306 e. The Morgan fingerprint density at radius 1 is 0.879 bits per heavy atom. The quantitative estimate of drug-likeness (QED) is 0.294. The van der Waals surface area contributed by atoms with Crippen LogP contribution in [0.1, 0.15) is 18.7 Å². The standard InChI is InChI=1S/C23H26N2O8/c1-27-16-7-9-17(10-8-16)31-11-5-6-21(26)32-14-20-24-25-23(33-20)15-12-18(28-2)22(30-4)19(13-15)29-3/h7-10,12-13H,5-6,11,14H2,1-4H3. The Hall–Kier alpha value is -3.95. The molecular formula is C23H26N2O8. The zero-order chi connectivity index (χ0) is 23.6. The van der Waals surface area contributed by atoms with Crippen LogP contribution in [0.4, 0.5) is 0 Å². The normalized spacial score (nSPS) is 10.4. The molecule has 0 radical (unpaired) electrons. The first kappa shape index (κ1) is 23.7. The predicted octanol–water partition coefficient (Wildman–Crippen LogP) is 3.67. The van der Waals surface area contributed by atoms with Crippen LogP contribution in [0.25, 0.3) is 11.5 Å². The number of methoxy groups -OCH3 is 4. The van der Waals surface area contributed by atoms with E-state index in [1.165, 1.54) is 21.3 Å². The van der Waals surface area contributed by atoms with Crippen molar-refractivity contribution in [2.45, 2.75) is 19.4 Å². The largest absolute Gasteiger partial charge is 0.497 e. The molecule has 0 aliphatic carbocycles. The van der Waals surface area contributed by atoms with Gasteiger partial charge in [0, 0.05) is 12.0 Å². The van der Waals surface area contributed by atoms with Gasteiger partial charge in [0.1, 0.15) is 11.5 Å². The van der Waals surface area contributed by atoms with E-state index in [2.05, 4.69) is 10.2 Å². The van der Waals surface area contributed by atoms with Crippen molar-refractivity contribution in [1.82, 2.24) is 10.2 Å². The SMILES string of the molecule is COc1ccc(OCCCC(=O)OCc2nnc(-c3cc(OC)c(OC)c(OC)c3)o2)cc1. The molecule has 0 unspecified atom stereocenters. The van der Waals surface area contributed by atoms with Crippen molar-refractivity contribution in [1.29, 1.82) is 0 Å². The fraction of sp³-hybridized carbons (Fsp3) is 0.348. The fourth-order valence-corrected chi connectivity index (χ4v) is 2.93. The molecule has 0 atom stereocenters. The number of ether oxygens (including phenoxy) is 6. The summed E-state index contributed by atoms with van der Waals surface area (Å²) in [6.07, 6.45) is 0.704. The number of aromatic nitrogens is 2. The molecule has 0 bridgehead atoms. The zero-order valence-electron chi connectivity index (χ0n) is 19.0. The summed E-state index contributed by atoms with van der Waals surface area (Å²) >= 11 is 0. The minimum Gasteiger partial charge on any atom is -0.497 e. The Balaban J connectivity index is 1.48. The van der Waals surface area contributed by atoms with Gasteiger partial charge in [0.05, 0.1) is 35.0 Å². The molecule has 1 aromatic heterocycles. The lowest BCUT2D eigenvalue weighted by atomic mass is 10.2. The third-order valence-corrected chi connectivity index (χ3v) is 4.59. The third kappa shape index (κ3) is 6.28. The Morgan fingerprint density at radius 2 is 1.55 bits per heavy atom. The highest BCUT2D eigenvalue weighted by molar-refractivity contribution is 5.69. The summed E-state index contributed by atoms with van der Waals surface area (Å²) in [7, 11) is 6.15. The van der Waals surface area contributed by atoms with Crippen molar-refractivity contribution in [3.05, 3.63) is 42.3 Å². The van der Waals surface area contributed by atoms with Gasteiger partial charge in [-0.15, -0.1) is 10.2 Å². The van der Waals surface area contributed by atoms with E-state index in [1.54, 1.807) is 43.5 Å². The van der Waals surface area contributed by atoms with E-state index in [0.29, 0.717) is 41.6 Å². The second-order valence-electron chi connectivity index (χ2n) is 6.70. The maximum atomic E-state index is 12.0. The van der Waals surface area contributed by atoms with Gasteiger partial charge in [-0.3, -0.25) is 4.79 Å². The summed E-state index contributed by atoms with van der Waals surface area (Å²) in [5.41, 5.74) is 0.574. The molecule has 0 spiro atoms. The van der Waals surface area contributed by atoms with Gasteiger partial charge in [0.15, 0.2) is 18.1 Å². The number of carbonyl (C=O) groups is 1. The van der Waals surface area contributed by atoms with Crippen LogP contribution in [-0.2, 0) is 16.1 Å². The van der Waals surface area contributed by atoms with Crippen LogP contribution in [0.15, 0.2) is 40.8 Å². The molecule has 3 rings (SSSR count). The van der Waals surface area contributed by atoms with E-state index in [1.807, 2.05) is 0 Å². The molecule has 0 N–H and O–H groups in total. The first-order chi connectivity index (χ1) is 16.1. The van der Waals surface area contributed by atoms with Crippen molar-refractivity contribution in [2.75, 3.05) is 35.0 Å². The Kier molecular flexibility index (Phi) is 8.34. The minimum atomic E-state index is -0.388. The molecule has 0 amide bonds. The van der Waals surface area contributed by atoms with Gasteiger partial charge in [-0.25, -0.2) is 0 Å². The van der Waals surface area contributed by atoms with E-state index in [-0.39, 0.29) is 30.8 Å². The van der Waals surface area contributed by atoms with Gasteiger partial charge in [-0.1, -0.05) is 0 Å². The van der Waals surface area contributed by atoms with Gasteiger partial charge in [0.25, 0.3) is 5.89 Å². The molecule has 176 valence electrons. The van der Waals surface area contributed by atoms with Crippen LogP contribution in [0.2, 0.25) is 0 Å². The lowest BCUT2D eigenvalue weighted by molar-refractivity contribution is -0.145. The first-order valence-corrected chi connectivity index (χ1v) is 10.1. The molecule has 0 fully saturated rings. The van der Waals surface area contributed by atoms with E-state index in [4.69, 9.17) is 32.8 Å². The highest BCUT2D eigenvalue weighted by Gasteiger charge is 2.18. The summed E-state index contributed by atoms with van der Waals surface area (Å²) in [5, 5.41) is 7.93. The van der Waals surface area contributed by atoms with Gasteiger partial charge in [-0.05, 0) is 42.8 Å². The second kappa shape index (κ2) is 11.6. The van der Waals surface area contributed by atoms with Crippen LogP contribution >= 0.6 is 0 Å². The van der Waals surface area contributed by atoms with Crippen LogP contribution in [0, 0.1) is 0 Å². The maximum Gasteiger partial charge on any atom is 0.306 e. The number of benzene rings is 2. The summed E-state index contributed by atoms with van der Waals surface area (Å²) in [6.45, 7) is 0.253. The topological polar surface area (TPSA) is 111 Å². The molecule has 0 saturated carbocycles. The van der Waals surface area contributed by atoms with Gasteiger partial charge < -0.3 is 32.8 Å². The minimum absolute atomic E-state index is 0.129. The van der Waals surface area contributed by atoms with E-state index < -0.39 is 0 Å². The number of nitrogens with zero attached hydrogens (tertiary/aromatic N) is 2. The van der Waals surface area contributed by atoms with Crippen molar-refractivity contribution in [3.63, 3.8) is 0 Å². The van der Waals surface area contributed by atoms with Crippen molar-refractivity contribution < 1.29 is 37.6 Å². The highest BCUT2D eigenvalue weighted by Crippen LogP contribution is 2.40. The fourth-order valence-electron chi connectivity index (χ4n) is 2.93. The third-order valence-electron chi connectivity index (χ3n) is 4.59. The molecule has 3 aromatic rings. The Bertz CT molecular complexity index is 1020. The monoisotopic (exact) mass is 458 g/mol. The van der Waals surface area contributed by atoms with Crippen LogP contribution in [0.3, 0.4) is 0 Å². The number of carbonyl (C=O) groups excluding carboxylic acids is 1. The predicted molar refractivity (Wildman–Crippen MR) is 117 cm³/mol. The van der Waals surface area contributed by atoms with Gasteiger partial charge >= 0.3 is 5.97 Å². The van der Waals surface area contributed by atoms with Crippen molar-refractivity contribution in [3.8, 4) is 40.2 Å². The molecule has 0 saturated heterocycles. The lowest BCUT2D eigenvalue weighted by Gasteiger charge is -2.12. The van der Waals surface area contributed by atoms with E-state index in [9.17, 15) is 4.79 Å². The summed E-state index contributed by atoms with van der Waals surface area (Å²) in [4.78, 5) is 12.0. The maximum absolute atomic E-state index is 12.0. The Morgan fingerprint density at radius 3 is 2.15 bits per heavy atom. The molecular weight excluding hydrogens is 432 g/mol. The summed E-state index contributed by atoms with van der Waals surface area (Å²) in [6, 6.07) is 10.6. The highest BCUT2D eigenvalue weighted by atomic mass is 16.5. The Labute approximate surface area is 191 Å². The molecule has 1 heterocycles. The van der Waals surface area contributed by atoms with Crippen LogP contribution < -0.4 is 23.7 Å². The number of hydrogen-bond donors (Lipinski definition) is 0. The van der Waals surface area contributed by atoms with E-state index in [0.717, 1.165) is 5.75 Å². The molecule has 10 heteroatoms. The number of esters is 1. The molecule has 10 nitrogen and oxygen atoms in total. The number of rotatable bonds is 12.